The van der Waals surface area contributed by atoms with E-state index >= 15 is 0 Å². The van der Waals surface area contributed by atoms with E-state index in [0.29, 0.717) is 17.8 Å². The SMILES string of the molecule is CCC(=O)Nc1cccc(NC(=O)CNC(=O)/C=C/c2ccccc2)c1. The summed E-state index contributed by atoms with van der Waals surface area (Å²) in [5, 5.41) is 7.91. The van der Waals surface area contributed by atoms with Crippen molar-refractivity contribution in [3.63, 3.8) is 0 Å². The average molecular weight is 351 g/mol. The Balaban J connectivity index is 1.81. The Bertz CT molecular complexity index is 801. The summed E-state index contributed by atoms with van der Waals surface area (Å²) >= 11 is 0. The number of anilines is 2. The van der Waals surface area contributed by atoms with Crippen LogP contribution in [0.2, 0.25) is 0 Å². The Kier molecular flexibility index (Phi) is 7.12. The van der Waals surface area contributed by atoms with Crippen LogP contribution in [0.4, 0.5) is 11.4 Å². The Morgan fingerprint density at radius 2 is 1.54 bits per heavy atom. The average Bonchev–Trinajstić information content (AvgIpc) is 2.65. The molecule has 3 amide bonds. The number of benzene rings is 2. The van der Waals surface area contributed by atoms with E-state index in [4.69, 9.17) is 0 Å². The molecular formula is C20H21N3O3. The Morgan fingerprint density at radius 3 is 2.19 bits per heavy atom. The zero-order valence-electron chi connectivity index (χ0n) is 14.5. The fraction of sp³-hybridized carbons (Fsp3) is 0.150. The minimum absolute atomic E-state index is 0.106. The van der Waals surface area contributed by atoms with Crippen LogP contribution < -0.4 is 16.0 Å². The lowest BCUT2D eigenvalue weighted by molar-refractivity contribution is -0.121. The predicted molar refractivity (Wildman–Crippen MR) is 102 cm³/mol. The van der Waals surface area contributed by atoms with Crippen molar-refractivity contribution in [1.29, 1.82) is 0 Å². The number of hydrogen-bond donors (Lipinski definition) is 3. The molecule has 6 nitrogen and oxygen atoms in total. The normalized spacial score (nSPS) is 10.3. The van der Waals surface area contributed by atoms with E-state index in [1.165, 1.54) is 6.08 Å². The minimum Gasteiger partial charge on any atom is -0.343 e. The van der Waals surface area contributed by atoms with Crippen molar-refractivity contribution in [3.8, 4) is 0 Å². The molecule has 6 heteroatoms. The van der Waals surface area contributed by atoms with Gasteiger partial charge in [0.1, 0.15) is 0 Å². The van der Waals surface area contributed by atoms with Gasteiger partial charge in [0.05, 0.1) is 6.54 Å². The first-order valence-electron chi connectivity index (χ1n) is 8.27. The molecule has 0 radical (unpaired) electrons. The number of hydrogen-bond acceptors (Lipinski definition) is 3. The van der Waals surface area contributed by atoms with Gasteiger partial charge in [0.25, 0.3) is 0 Å². The summed E-state index contributed by atoms with van der Waals surface area (Å²) in [4.78, 5) is 35.1. The molecule has 0 aliphatic rings. The lowest BCUT2D eigenvalue weighted by atomic mass is 10.2. The molecule has 0 atom stereocenters. The Morgan fingerprint density at radius 1 is 0.885 bits per heavy atom. The molecule has 26 heavy (non-hydrogen) atoms. The lowest BCUT2D eigenvalue weighted by Gasteiger charge is -2.08. The summed E-state index contributed by atoms with van der Waals surface area (Å²) in [6, 6.07) is 16.2. The van der Waals surface area contributed by atoms with Gasteiger partial charge in [0, 0.05) is 23.9 Å². The maximum atomic E-state index is 11.9. The molecule has 0 aromatic heterocycles. The first-order chi connectivity index (χ1) is 12.6. The summed E-state index contributed by atoms with van der Waals surface area (Å²) in [5.41, 5.74) is 2.04. The highest BCUT2D eigenvalue weighted by atomic mass is 16.2. The smallest absolute Gasteiger partial charge is 0.244 e. The molecule has 0 spiro atoms. The third kappa shape index (κ3) is 6.60. The van der Waals surface area contributed by atoms with Crippen LogP contribution >= 0.6 is 0 Å². The first-order valence-corrected chi connectivity index (χ1v) is 8.27. The molecule has 3 N–H and O–H groups in total. The number of carbonyl (C=O) groups excluding carboxylic acids is 3. The van der Waals surface area contributed by atoms with Crippen LogP contribution in [-0.2, 0) is 14.4 Å². The van der Waals surface area contributed by atoms with Gasteiger partial charge in [0.15, 0.2) is 0 Å². The fourth-order valence-electron chi connectivity index (χ4n) is 2.09. The van der Waals surface area contributed by atoms with Crippen molar-refractivity contribution in [2.45, 2.75) is 13.3 Å². The second-order valence-corrected chi connectivity index (χ2v) is 5.49. The number of amides is 3. The highest BCUT2D eigenvalue weighted by Crippen LogP contribution is 2.15. The molecule has 0 bridgehead atoms. The Labute approximate surface area is 152 Å². The van der Waals surface area contributed by atoms with Gasteiger partial charge in [-0.2, -0.15) is 0 Å². The van der Waals surface area contributed by atoms with Gasteiger partial charge >= 0.3 is 0 Å². The van der Waals surface area contributed by atoms with Gasteiger partial charge < -0.3 is 16.0 Å². The second kappa shape index (κ2) is 9.78. The molecule has 0 fully saturated rings. The van der Waals surface area contributed by atoms with E-state index in [9.17, 15) is 14.4 Å². The molecule has 2 aromatic carbocycles. The van der Waals surface area contributed by atoms with Crippen LogP contribution in [0, 0.1) is 0 Å². The van der Waals surface area contributed by atoms with E-state index in [2.05, 4.69) is 16.0 Å². The van der Waals surface area contributed by atoms with Gasteiger partial charge in [0.2, 0.25) is 17.7 Å². The summed E-state index contributed by atoms with van der Waals surface area (Å²) in [5.74, 6) is -0.815. The van der Waals surface area contributed by atoms with Crippen LogP contribution in [-0.4, -0.2) is 24.3 Å². The first kappa shape index (κ1) is 18.9. The lowest BCUT2D eigenvalue weighted by Crippen LogP contribution is -2.31. The quantitative estimate of drug-likeness (QED) is 0.670. The van der Waals surface area contributed by atoms with Gasteiger partial charge in [-0.1, -0.05) is 43.3 Å². The summed E-state index contributed by atoms with van der Waals surface area (Å²) in [6.45, 7) is 1.61. The molecule has 0 heterocycles. The van der Waals surface area contributed by atoms with Gasteiger partial charge in [-0.3, -0.25) is 14.4 Å². The van der Waals surface area contributed by atoms with Gasteiger partial charge in [-0.05, 0) is 29.8 Å². The van der Waals surface area contributed by atoms with Crippen molar-refractivity contribution in [2.75, 3.05) is 17.2 Å². The van der Waals surface area contributed by atoms with Gasteiger partial charge in [-0.15, -0.1) is 0 Å². The van der Waals surface area contributed by atoms with E-state index in [0.717, 1.165) is 5.56 Å². The molecule has 0 aliphatic carbocycles. The summed E-state index contributed by atoms with van der Waals surface area (Å²) in [7, 11) is 0. The van der Waals surface area contributed by atoms with Crippen LogP contribution in [0.15, 0.2) is 60.7 Å². The number of rotatable bonds is 7. The third-order valence-corrected chi connectivity index (χ3v) is 3.40. The fourth-order valence-corrected chi connectivity index (χ4v) is 2.09. The van der Waals surface area contributed by atoms with Gasteiger partial charge in [-0.25, -0.2) is 0 Å². The molecule has 0 aliphatic heterocycles. The number of nitrogens with one attached hydrogen (secondary N) is 3. The van der Waals surface area contributed by atoms with Crippen molar-refractivity contribution in [2.24, 2.45) is 0 Å². The predicted octanol–water partition coefficient (Wildman–Crippen LogP) is 2.80. The number of carbonyl (C=O) groups is 3. The molecule has 2 aromatic rings. The third-order valence-electron chi connectivity index (χ3n) is 3.40. The molecule has 0 saturated carbocycles. The standard InChI is InChI=1S/C20H21N3O3/c1-2-18(24)22-16-9-6-10-17(13-16)23-20(26)14-21-19(25)12-11-15-7-4-3-5-8-15/h3-13H,2,14H2,1H3,(H,21,25)(H,22,24)(H,23,26)/b12-11+. The van der Waals surface area contributed by atoms with E-state index in [1.54, 1.807) is 37.3 Å². The van der Waals surface area contributed by atoms with E-state index in [-0.39, 0.29) is 24.3 Å². The molecule has 0 saturated heterocycles. The highest BCUT2D eigenvalue weighted by Gasteiger charge is 2.05. The van der Waals surface area contributed by atoms with Crippen molar-refractivity contribution in [1.82, 2.24) is 5.32 Å². The Hall–Kier alpha value is -3.41. The maximum Gasteiger partial charge on any atom is 0.244 e. The van der Waals surface area contributed by atoms with E-state index in [1.807, 2.05) is 30.3 Å². The van der Waals surface area contributed by atoms with Crippen LogP contribution in [0.3, 0.4) is 0 Å². The molecule has 2 rings (SSSR count). The van der Waals surface area contributed by atoms with Crippen molar-refractivity contribution < 1.29 is 14.4 Å². The van der Waals surface area contributed by atoms with E-state index < -0.39 is 0 Å². The largest absolute Gasteiger partial charge is 0.343 e. The maximum absolute atomic E-state index is 11.9. The monoisotopic (exact) mass is 351 g/mol. The zero-order valence-corrected chi connectivity index (χ0v) is 14.5. The van der Waals surface area contributed by atoms with Crippen LogP contribution in [0.25, 0.3) is 6.08 Å². The topological polar surface area (TPSA) is 87.3 Å². The zero-order chi connectivity index (χ0) is 18.8. The van der Waals surface area contributed by atoms with Crippen molar-refractivity contribution in [3.05, 3.63) is 66.2 Å². The molecule has 134 valence electrons. The second-order valence-electron chi connectivity index (χ2n) is 5.49. The highest BCUT2D eigenvalue weighted by molar-refractivity contribution is 5.98. The van der Waals surface area contributed by atoms with Crippen LogP contribution in [0.5, 0.6) is 0 Å². The minimum atomic E-state index is -0.356. The van der Waals surface area contributed by atoms with Crippen molar-refractivity contribution >= 4 is 35.2 Å². The summed E-state index contributed by atoms with van der Waals surface area (Å²) in [6.07, 6.45) is 3.43. The summed E-state index contributed by atoms with van der Waals surface area (Å²) < 4.78 is 0. The van der Waals surface area contributed by atoms with Crippen LogP contribution in [0.1, 0.15) is 18.9 Å². The molecule has 0 unspecified atom stereocenters. The molecular weight excluding hydrogens is 330 g/mol.